The van der Waals surface area contributed by atoms with Gasteiger partial charge in [-0.1, -0.05) is 18.2 Å². The average Bonchev–Trinajstić information content (AvgIpc) is 2.89. The van der Waals surface area contributed by atoms with Crippen LogP contribution in [0, 0.1) is 11.8 Å². The Kier molecular flexibility index (Phi) is 2.41. The zero-order valence-electron chi connectivity index (χ0n) is 11.7. The summed E-state index contributed by atoms with van der Waals surface area (Å²) in [5.74, 6) is -2.41. The molecule has 2 heterocycles. The molecule has 4 rings (SSSR count). The predicted octanol–water partition coefficient (Wildman–Crippen LogP) is 0.497. The Morgan fingerprint density at radius 1 is 1.43 bits per heavy atom. The molecular formula is C16H16NO4-. The van der Waals surface area contributed by atoms with Gasteiger partial charge in [0, 0.05) is 25.3 Å². The van der Waals surface area contributed by atoms with E-state index in [4.69, 9.17) is 4.74 Å². The van der Waals surface area contributed by atoms with Gasteiger partial charge in [-0.05, 0) is 24.5 Å². The fraction of sp³-hybridized carbons (Fsp3) is 0.500. The van der Waals surface area contributed by atoms with Gasteiger partial charge in [0.2, 0.25) is 5.91 Å². The van der Waals surface area contributed by atoms with Crippen LogP contribution in [0.4, 0.5) is 0 Å². The molecule has 0 spiro atoms. The van der Waals surface area contributed by atoms with Crippen molar-refractivity contribution < 1.29 is 19.4 Å². The Labute approximate surface area is 122 Å². The highest BCUT2D eigenvalue weighted by molar-refractivity contribution is 5.98. The Bertz CT molecular complexity index is 643. The van der Waals surface area contributed by atoms with Crippen LogP contribution in [-0.2, 0) is 9.59 Å². The molecule has 1 aromatic rings. The Balaban J connectivity index is 1.97. The van der Waals surface area contributed by atoms with Gasteiger partial charge in [0.1, 0.15) is 5.75 Å². The first-order valence-corrected chi connectivity index (χ1v) is 7.33. The van der Waals surface area contributed by atoms with Crippen molar-refractivity contribution in [3.63, 3.8) is 0 Å². The number of fused-ring (bicyclic) bond motifs is 2. The summed E-state index contributed by atoms with van der Waals surface area (Å²) >= 11 is 0. The number of carbonyl (C=O) groups is 2. The maximum atomic E-state index is 12.6. The summed E-state index contributed by atoms with van der Waals surface area (Å²) in [6.45, 7) is 0. The quantitative estimate of drug-likeness (QED) is 0.705. The first-order chi connectivity index (χ1) is 10.1. The lowest BCUT2D eigenvalue weighted by molar-refractivity contribution is -0.314. The predicted molar refractivity (Wildman–Crippen MR) is 71.2 cm³/mol. The summed E-state index contributed by atoms with van der Waals surface area (Å²) in [5, 5.41) is 11.6. The topological polar surface area (TPSA) is 69.7 Å². The third kappa shape index (κ3) is 1.41. The standard InChI is InChI=1S/C16H17NO4/c1-17-14(18)13(15(19)20)12-9-5-2-3-7-11(9)21-16(17)8-4-6-10(12)16/h2-3,5,7,10,12-13H,4,6,8H2,1H3,(H,19,20)/p-1/t10-,12+,13+,16-/m1/s1. The lowest BCUT2D eigenvalue weighted by atomic mass is 9.67. The van der Waals surface area contributed by atoms with E-state index in [9.17, 15) is 14.7 Å². The summed E-state index contributed by atoms with van der Waals surface area (Å²) in [7, 11) is 1.65. The number of carboxylic acids is 1. The van der Waals surface area contributed by atoms with Crippen LogP contribution in [0.1, 0.15) is 30.7 Å². The monoisotopic (exact) mass is 286 g/mol. The maximum Gasteiger partial charge on any atom is 0.234 e. The van der Waals surface area contributed by atoms with E-state index in [2.05, 4.69) is 0 Å². The first kappa shape index (κ1) is 12.7. The molecule has 0 unspecified atom stereocenters. The second-order valence-electron chi connectivity index (χ2n) is 6.20. The summed E-state index contributed by atoms with van der Waals surface area (Å²) in [4.78, 5) is 25.7. The normalized spacial score (nSPS) is 36.7. The molecule has 2 fully saturated rings. The van der Waals surface area contributed by atoms with Gasteiger partial charge >= 0.3 is 0 Å². The van der Waals surface area contributed by atoms with E-state index >= 15 is 0 Å². The molecular weight excluding hydrogens is 270 g/mol. The van der Waals surface area contributed by atoms with Crippen LogP contribution in [0.2, 0.25) is 0 Å². The zero-order valence-corrected chi connectivity index (χ0v) is 11.7. The Morgan fingerprint density at radius 2 is 2.19 bits per heavy atom. The van der Waals surface area contributed by atoms with Gasteiger partial charge in [-0.15, -0.1) is 0 Å². The number of carboxylic acid groups (broad SMARTS) is 1. The number of hydrogen-bond acceptors (Lipinski definition) is 4. The molecule has 110 valence electrons. The molecule has 1 saturated heterocycles. The fourth-order valence-electron chi connectivity index (χ4n) is 4.52. The average molecular weight is 286 g/mol. The van der Waals surface area contributed by atoms with E-state index in [1.165, 1.54) is 4.90 Å². The minimum absolute atomic E-state index is 0.0259. The van der Waals surface area contributed by atoms with E-state index in [1.807, 2.05) is 24.3 Å². The molecule has 2 aliphatic heterocycles. The van der Waals surface area contributed by atoms with Gasteiger partial charge in [0.15, 0.2) is 5.72 Å². The van der Waals surface area contributed by atoms with Crippen LogP contribution in [0.5, 0.6) is 5.75 Å². The number of hydrogen-bond donors (Lipinski definition) is 0. The second-order valence-corrected chi connectivity index (χ2v) is 6.20. The lowest BCUT2D eigenvalue weighted by Crippen LogP contribution is -2.67. The molecule has 5 heteroatoms. The first-order valence-electron chi connectivity index (χ1n) is 7.33. The summed E-state index contributed by atoms with van der Waals surface area (Å²) in [6, 6.07) is 7.46. The molecule has 0 N–H and O–H groups in total. The molecule has 2 bridgehead atoms. The molecule has 21 heavy (non-hydrogen) atoms. The number of amides is 1. The Hall–Kier alpha value is -2.04. The summed E-state index contributed by atoms with van der Waals surface area (Å²) in [5.41, 5.74) is 0.151. The van der Waals surface area contributed by atoms with E-state index in [1.54, 1.807) is 7.05 Å². The van der Waals surface area contributed by atoms with Crippen LogP contribution >= 0.6 is 0 Å². The van der Waals surface area contributed by atoms with Crippen molar-refractivity contribution in [2.75, 3.05) is 7.05 Å². The largest absolute Gasteiger partial charge is 0.549 e. The number of likely N-dealkylation sites (tertiary alicyclic amines) is 1. The molecule has 0 aromatic heterocycles. The number of nitrogens with zero attached hydrogens (tertiary/aromatic N) is 1. The van der Waals surface area contributed by atoms with Crippen molar-refractivity contribution in [3.8, 4) is 5.75 Å². The molecule has 1 aliphatic carbocycles. The fourth-order valence-corrected chi connectivity index (χ4v) is 4.52. The van der Waals surface area contributed by atoms with E-state index in [-0.39, 0.29) is 11.8 Å². The number of aliphatic carboxylic acids is 1. The van der Waals surface area contributed by atoms with Crippen LogP contribution in [0.3, 0.4) is 0 Å². The summed E-state index contributed by atoms with van der Waals surface area (Å²) in [6.07, 6.45) is 2.57. The van der Waals surface area contributed by atoms with Crippen LogP contribution < -0.4 is 9.84 Å². The molecule has 1 aromatic carbocycles. The number of para-hydroxylation sites is 1. The van der Waals surface area contributed by atoms with Gasteiger partial charge in [-0.2, -0.15) is 0 Å². The molecule has 5 nitrogen and oxygen atoms in total. The smallest absolute Gasteiger partial charge is 0.234 e. The van der Waals surface area contributed by atoms with Crippen LogP contribution in [0.15, 0.2) is 24.3 Å². The minimum Gasteiger partial charge on any atom is -0.549 e. The molecule has 0 radical (unpaired) electrons. The minimum atomic E-state index is -1.28. The van der Waals surface area contributed by atoms with Gasteiger partial charge in [0.25, 0.3) is 0 Å². The lowest BCUT2D eigenvalue weighted by Gasteiger charge is -2.56. The van der Waals surface area contributed by atoms with Crippen molar-refractivity contribution in [2.45, 2.75) is 30.9 Å². The third-order valence-corrected chi connectivity index (χ3v) is 5.41. The van der Waals surface area contributed by atoms with Crippen molar-refractivity contribution in [1.29, 1.82) is 0 Å². The van der Waals surface area contributed by atoms with Gasteiger partial charge < -0.3 is 19.5 Å². The SMILES string of the molecule is CN1C(=O)[C@@H](C(=O)[O-])[C@H]2c3ccccc3O[C@@]13CCC[C@H]23. The number of ether oxygens (including phenoxy) is 1. The number of rotatable bonds is 1. The molecule has 4 atom stereocenters. The van der Waals surface area contributed by atoms with Gasteiger partial charge in [-0.25, -0.2) is 0 Å². The Morgan fingerprint density at radius 3 is 2.95 bits per heavy atom. The number of carbonyl (C=O) groups excluding carboxylic acids is 2. The second kappa shape index (κ2) is 4.00. The third-order valence-electron chi connectivity index (χ3n) is 5.41. The van der Waals surface area contributed by atoms with Crippen molar-refractivity contribution in [2.24, 2.45) is 11.8 Å². The van der Waals surface area contributed by atoms with E-state index < -0.39 is 23.5 Å². The molecule has 1 amide bonds. The van der Waals surface area contributed by atoms with Crippen LogP contribution in [0.25, 0.3) is 0 Å². The number of piperidine rings is 1. The van der Waals surface area contributed by atoms with Crippen molar-refractivity contribution >= 4 is 11.9 Å². The zero-order chi connectivity index (χ0) is 14.8. The maximum absolute atomic E-state index is 12.6. The van der Waals surface area contributed by atoms with Crippen LogP contribution in [-0.4, -0.2) is 29.5 Å². The van der Waals surface area contributed by atoms with E-state index in [0.29, 0.717) is 5.75 Å². The summed E-state index contributed by atoms with van der Waals surface area (Å²) < 4.78 is 6.22. The highest BCUT2D eigenvalue weighted by Gasteiger charge is 2.63. The molecule has 1 saturated carbocycles. The molecule has 3 aliphatic rings. The highest BCUT2D eigenvalue weighted by Crippen LogP contribution is 2.59. The highest BCUT2D eigenvalue weighted by atomic mass is 16.5. The number of benzene rings is 1. The van der Waals surface area contributed by atoms with E-state index in [0.717, 1.165) is 24.8 Å². The van der Waals surface area contributed by atoms with Gasteiger partial charge in [0.05, 0.1) is 11.9 Å². The van der Waals surface area contributed by atoms with Crippen molar-refractivity contribution in [3.05, 3.63) is 29.8 Å². The van der Waals surface area contributed by atoms with Crippen molar-refractivity contribution in [1.82, 2.24) is 4.90 Å². The van der Waals surface area contributed by atoms with Gasteiger partial charge in [-0.3, -0.25) is 4.79 Å².